The van der Waals surface area contributed by atoms with Gasteiger partial charge in [0.2, 0.25) is 0 Å². The molecule has 2 aliphatic rings. The number of nitrogens with zero attached hydrogens (tertiary/aromatic N) is 2. The van der Waals surface area contributed by atoms with Crippen molar-refractivity contribution in [2.45, 2.75) is 6.04 Å². The van der Waals surface area contributed by atoms with Gasteiger partial charge in [-0.05, 0) is 18.2 Å². The summed E-state index contributed by atoms with van der Waals surface area (Å²) in [7, 11) is 0. The third-order valence-corrected chi connectivity index (χ3v) is 4.31. The number of benzene rings is 1. The van der Waals surface area contributed by atoms with Crippen molar-refractivity contribution in [3.63, 3.8) is 0 Å². The molecule has 0 spiro atoms. The van der Waals surface area contributed by atoms with E-state index in [9.17, 15) is 4.39 Å². The van der Waals surface area contributed by atoms with Crippen LogP contribution < -0.4 is 21.6 Å². The Morgan fingerprint density at radius 3 is 2.82 bits per heavy atom. The standard InChI is InChI=1S/C17H17FN4/c18-13-3-1-2-12(8-13)15-5-4-11-6-7-22(14-9-20-10-14)17(19)16(11)21-15/h1-6,8,14,20H,7,9-10,19H2. The fraction of sp³-hybridized carbons (Fsp3) is 0.235. The van der Waals surface area contributed by atoms with Gasteiger partial charge < -0.3 is 16.0 Å². The van der Waals surface area contributed by atoms with Crippen LogP contribution in [0.1, 0.15) is 0 Å². The molecule has 1 fully saturated rings. The topological polar surface area (TPSA) is 54.2 Å². The van der Waals surface area contributed by atoms with Crippen LogP contribution in [-0.2, 0) is 0 Å². The molecule has 0 amide bonds. The molecule has 2 aromatic rings. The van der Waals surface area contributed by atoms with Crippen LogP contribution in [0.3, 0.4) is 0 Å². The zero-order chi connectivity index (χ0) is 15.1. The molecule has 5 heteroatoms. The maximum atomic E-state index is 13.4. The van der Waals surface area contributed by atoms with E-state index in [1.54, 1.807) is 6.07 Å². The van der Waals surface area contributed by atoms with Crippen molar-refractivity contribution < 1.29 is 4.39 Å². The Kier molecular flexibility index (Phi) is 3.08. The van der Waals surface area contributed by atoms with E-state index in [0.717, 1.165) is 41.5 Å². The number of aromatic nitrogens is 1. The second-order valence-corrected chi connectivity index (χ2v) is 5.70. The van der Waals surface area contributed by atoms with Gasteiger partial charge in [-0.3, -0.25) is 0 Å². The molecule has 2 aliphatic heterocycles. The van der Waals surface area contributed by atoms with E-state index in [4.69, 9.17) is 5.73 Å². The van der Waals surface area contributed by atoms with Crippen LogP contribution in [0.2, 0.25) is 0 Å². The Morgan fingerprint density at radius 1 is 1.23 bits per heavy atom. The zero-order valence-corrected chi connectivity index (χ0v) is 12.1. The minimum Gasteiger partial charge on any atom is -0.384 e. The Labute approximate surface area is 127 Å². The van der Waals surface area contributed by atoms with E-state index in [0.29, 0.717) is 11.9 Å². The highest BCUT2D eigenvalue weighted by molar-refractivity contribution is 5.60. The summed E-state index contributed by atoms with van der Waals surface area (Å²) in [5, 5.41) is 5.09. The molecular weight excluding hydrogens is 279 g/mol. The van der Waals surface area contributed by atoms with Gasteiger partial charge in [-0.15, -0.1) is 0 Å². The summed E-state index contributed by atoms with van der Waals surface area (Å²) in [6.45, 7) is 2.72. The Bertz CT molecular complexity index is 842. The maximum absolute atomic E-state index is 13.4. The Balaban J connectivity index is 1.83. The predicted molar refractivity (Wildman–Crippen MR) is 84.3 cm³/mol. The maximum Gasteiger partial charge on any atom is 0.126 e. The van der Waals surface area contributed by atoms with Crippen molar-refractivity contribution in [3.05, 3.63) is 52.8 Å². The second kappa shape index (κ2) is 5.10. The third kappa shape index (κ3) is 2.14. The number of nitrogens with two attached hydrogens (primary N) is 1. The van der Waals surface area contributed by atoms with Gasteiger partial charge in [0.15, 0.2) is 0 Å². The van der Waals surface area contributed by atoms with Gasteiger partial charge >= 0.3 is 0 Å². The molecule has 4 nitrogen and oxygen atoms in total. The second-order valence-electron chi connectivity index (χ2n) is 5.70. The lowest BCUT2D eigenvalue weighted by Gasteiger charge is -2.40. The van der Waals surface area contributed by atoms with E-state index in [2.05, 4.69) is 21.3 Å². The molecule has 1 aromatic heterocycles. The van der Waals surface area contributed by atoms with Gasteiger partial charge in [0.25, 0.3) is 0 Å². The van der Waals surface area contributed by atoms with E-state index in [-0.39, 0.29) is 5.82 Å². The fourth-order valence-electron chi connectivity index (χ4n) is 2.92. The molecule has 0 atom stereocenters. The number of hydrogen-bond donors (Lipinski definition) is 2. The van der Waals surface area contributed by atoms with Gasteiger partial charge in [0, 0.05) is 30.4 Å². The third-order valence-electron chi connectivity index (χ3n) is 4.31. The molecule has 0 radical (unpaired) electrons. The van der Waals surface area contributed by atoms with Crippen molar-refractivity contribution in [1.29, 1.82) is 0 Å². The largest absolute Gasteiger partial charge is 0.384 e. The summed E-state index contributed by atoms with van der Waals surface area (Å²) in [6.07, 6.45) is 2.15. The van der Waals surface area contributed by atoms with Crippen LogP contribution in [0, 0.1) is 5.82 Å². The average molecular weight is 296 g/mol. The summed E-state index contributed by atoms with van der Waals surface area (Å²) in [5.74, 6) is 0.449. The number of pyridine rings is 1. The minimum absolute atomic E-state index is 0.261. The lowest BCUT2D eigenvalue weighted by atomic mass is 10.1. The molecule has 3 N–H and O–H groups in total. The zero-order valence-electron chi connectivity index (χ0n) is 12.1. The average Bonchev–Trinajstić information content (AvgIpc) is 2.48. The highest BCUT2D eigenvalue weighted by atomic mass is 19.1. The molecule has 0 unspecified atom stereocenters. The Hall–Kier alpha value is -2.40. The van der Waals surface area contributed by atoms with Gasteiger partial charge in [-0.25, -0.2) is 9.37 Å². The molecule has 0 saturated carbocycles. The Morgan fingerprint density at radius 2 is 2.09 bits per heavy atom. The number of nitrogens with one attached hydrogen (secondary N) is 1. The highest BCUT2D eigenvalue weighted by Crippen LogP contribution is 2.16. The monoisotopic (exact) mass is 296 g/mol. The lowest BCUT2D eigenvalue weighted by Crippen LogP contribution is -2.60. The van der Waals surface area contributed by atoms with Gasteiger partial charge in [-0.2, -0.15) is 0 Å². The van der Waals surface area contributed by atoms with Gasteiger partial charge in [0.1, 0.15) is 17.0 Å². The molecule has 112 valence electrons. The fourth-order valence-corrected chi connectivity index (χ4v) is 2.92. The van der Waals surface area contributed by atoms with Gasteiger partial charge in [-0.1, -0.05) is 24.3 Å². The molecular formula is C17H17FN4. The number of hydrogen-bond acceptors (Lipinski definition) is 4. The molecule has 22 heavy (non-hydrogen) atoms. The van der Waals surface area contributed by atoms with Crippen LogP contribution in [-0.4, -0.2) is 35.6 Å². The quantitative estimate of drug-likeness (QED) is 0.818. The smallest absolute Gasteiger partial charge is 0.126 e. The van der Waals surface area contributed by atoms with Crippen molar-refractivity contribution in [2.75, 3.05) is 19.6 Å². The SMILES string of the molecule is NC1=c2nc(-c3cccc(F)c3)ccc2=CCN1C1CNC1. The van der Waals surface area contributed by atoms with Crippen molar-refractivity contribution in [1.82, 2.24) is 15.2 Å². The molecule has 0 aliphatic carbocycles. The summed E-state index contributed by atoms with van der Waals surface area (Å²) in [4.78, 5) is 6.86. The van der Waals surface area contributed by atoms with Crippen LogP contribution in [0.4, 0.5) is 4.39 Å². The van der Waals surface area contributed by atoms with E-state index in [1.807, 2.05) is 18.2 Å². The summed E-state index contributed by atoms with van der Waals surface area (Å²) in [6, 6.07) is 10.8. The van der Waals surface area contributed by atoms with Crippen molar-refractivity contribution >= 4 is 11.9 Å². The van der Waals surface area contributed by atoms with Crippen molar-refractivity contribution in [2.24, 2.45) is 5.73 Å². The van der Waals surface area contributed by atoms with E-state index in [1.165, 1.54) is 12.1 Å². The van der Waals surface area contributed by atoms with Crippen LogP contribution >= 0.6 is 0 Å². The van der Waals surface area contributed by atoms with Crippen molar-refractivity contribution in [3.8, 4) is 11.3 Å². The first-order chi connectivity index (χ1) is 10.7. The molecule has 3 heterocycles. The molecule has 0 bridgehead atoms. The lowest BCUT2D eigenvalue weighted by molar-refractivity contribution is 0.233. The molecule has 1 saturated heterocycles. The van der Waals surface area contributed by atoms with Crippen LogP contribution in [0.25, 0.3) is 23.2 Å². The van der Waals surface area contributed by atoms with Gasteiger partial charge in [0.05, 0.1) is 11.7 Å². The van der Waals surface area contributed by atoms with E-state index >= 15 is 0 Å². The first-order valence-electron chi connectivity index (χ1n) is 7.43. The van der Waals surface area contributed by atoms with Crippen LogP contribution in [0.15, 0.2) is 36.4 Å². The first-order valence-corrected chi connectivity index (χ1v) is 7.43. The highest BCUT2D eigenvalue weighted by Gasteiger charge is 2.26. The molecule has 1 aromatic carbocycles. The van der Waals surface area contributed by atoms with Crippen LogP contribution in [0.5, 0.6) is 0 Å². The molecule has 4 rings (SSSR count). The number of rotatable bonds is 2. The first kappa shape index (κ1) is 13.3. The summed E-state index contributed by atoms with van der Waals surface area (Å²) >= 11 is 0. The van der Waals surface area contributed by atoms with E-state index < -0.39 is 0 Å². The number of fused-ring (bicyclic) bond motifs is 1. The summed E-state index contributed by atoms with van der Waals surface area (Å²) in [5.41, 5.74) is 7.84. The normalized spacial score (nSPS) is 17.7. The minimum atomic E-state index is -0.261. The number of halogens is 1. The summed E-state index contributed by atoms with van der Waals surface area (Å²) < 4.78 is 13.4. The predicted octanol–water partition coefficient (Wildman–Crippen LogP) is -0.0200.